The minimum atomic E-state index is -0.551. The molecule has 0 aromatic heterocycles. The first-order chi connectivity index (χ1) is 9.19. The molecule has 1 saturated heterocycles. The molecule has 2 atom stereocenters. The fourth-order valence-corrected chi connectivity index (χ4v) is 2.30. The maximum absolute atomic E-state index is 12.3. The topological polar surface area (TPSA) is 58.6 Å². The van der Waals surface area contributed by atoms with Crippen molar-refractivity contribution in [2.24, 2.45) is 5.92 Å². The molecule has 0 aromatic carbocycles. The van der Waals surface area contributed by atoms with E-state index in [1.807, 2.05) is 4.90 Å². The van der Waals surface area contributed by atoms with Gasteiger partial charge in [-0.2, -0.15) is 0 Å². The van der Waals surface area contributed by atoms with Crippen molar-refractivity contribution in [2.45, 2.75) is 65.5 Å². The fraction of sp³-hybridized carbons (Fsp3) is 0.867. The van der Waals surface area contributed by atoms with Gasteiger partial charge in [0, 0.05) is 13.1 Å². The van der Waals surface area contributed by atoms with Crippen molar-refractivity contribution in [3.63, 3.8) is 0 Å². The van der Waals surface area contributed by atoms with Gasteiger partial charge in [0.05, 0.1) is 0 Å². The molecule has 0 aliphatic carbocycles. The molecule has 5 nitrogen and oxygen atoms in total. The van der Waals surface area contributed by atoms with Crippen LogP contribution in [-0.4, -0.2) is 41.6 Å². The second kappa shape index (κ2) is 6.95. The van der Waals surface area contributed by atoms with Crippen LogP contribution in [0.4, 0.5) is 4.79 Å². The van der Waals surface area contributed by atoms with Gasteiger partial charge < -0.3 is 15.0 Å². The van der Waals surface area contributed by atoms with Crippen LogP contribution in [0.2, 0.25) is 0 Å². The molecule has 0 saturated carbocycles. The van der Waals surface area contributed by atoms with Crippen molar-refractivity contribution < 1.29 is 14.3 Å². The number of hydrogen-bond donors (Lipinski definition) is 1. The Kier molecular flexibility index (Phi) is 5.84. The Hall–Kier alpha value is -1.26. The second-order valence-electron chi connectivity index (χ2n) is 6.73. The van der Waals surface area contributed by atoms with Crippen molar-refractivity contribution >= 4 is 12.0 Å². The summed E-state index contributed by atoms with van der Waals surface area (Å²) in [5.74, 6) is 0.645. The van der Waals surface area contributed by atoms with E-state index in [2.05, 4.69) is 12.2 Å². The van der Waals surface area contributed by atoms with Crippen LogP contribution in [0.1, 0.15) is 53.9 Å². The number of carbonyl (C=O) groups excluding carboxylic acids is 2. The smallest absolute Gasteiger partial charge is 0.408 e. The summed E-state index contributed by atoms with van der Waals surface area (Å²) in [6, 6.07) is -0.543. The van der Waals surface area contributed by atoms with Crippen LogP contribution in [0.3, 0.4) is 0 Å². The summed E-state index contributed by atoms with van der Waals surface area (Å²) in [7, 11) is 0. The van der Waals surface area contributed by atoms with Crippen LogP contribution in [0.25, 0.3) is 0 Å². The molecule has 1 aliphatic rings. The van der Waals surface area contributed by atoms with E-state index in [1.54, 1.807) is 27.7 Å². The maximum Gasteiger partial charge on any atom is 0.408 e. The average Bonchev–Trinajstić information content (AvgIpc) is 2.50. The predicted octanol–water partition coefficient (Wildman–Crippen LogP) is 2.55. The lowest BCUT2D eigenvalue weighted by Gasteiger charge is -2.26. The molecule has 0 aromatic rings. The Balaban J connectivity index is 2.47. The van der Waals surface area contributed by atoms with Crippen molar-refractivity contribution in [3.05, 3.63) is 0 Å². The normalized spacial score (nSPS) is 21.9. The Bertz CT molecular complexity index is 350. The molecule has 20 heavy (non-hydrogen) atoms. The summed E-state index contributed by atoms with van der Waals surface area (Å²) in [5.41, 5.74) is -0.551. The molecule has 2 unspecified atom stereocenters. The zero-order valence-electron chi connectivity index (χ0n) is 13.4. The van der Waals surface area contributed by atoms with Crippen molar-refractivity contribution in [3.8, 4) is 0 Å². The van der Waals surface area contributed by atoms with E-state index in [0.29, 0.717) is 5.92 Å². The molecule has 116 valence electrons. The molecule has 1 N–H and O–H groups in total. The van der Waals surface area contributed by atoms with E-state index in [9.17, 15) is 9.59 Å². The van der Waals surface area contributed by atoms with Crippen LogP contribution in [0, 0.1) is 5.92 Å². The van der Waals surface area contributed by atoms with Gasteiger partial charge in [-0.05, 0) is 52.9 Å². The molecule has 1 fully saturated rings. The van der Waals surface area contributed by atoms with E-state index >= 15 is 0 Å². The third kappa shape index (κ3) is 5.80. The molecule has 1 heterocycles. The van der Waals surface area contributed by atoms with E-state index in [-0.39, 0.29) is 5.91 Å². The molecular weight excluding hydrogens is 256 g/mol. The number of hydrogen-bond acceptors (Lipinski definition) is 3. The van der Waals surface area contributed by atoms with Gasteiger partial charge in [0.25, 0.3) is 0 Å². The zero-order chi connectivity index (χ0) is 15.3. The van der Waals surface area contributed by atoms with E-state index in [1.165, 1.54) is 0 Å². The van der Waals surface area contributed by atoms with Gasteiger partial charge in [0.2, 0.25) is 5.91 Å². The van der Waals surface area contributed by atoms with Gasteiger partial charge in [0.1, 0.15) is 11.6 Å². The van der Waals surface area contributed by atoms with Gasteiger partial charge in [-0.3, -0.25) is 4.79 Å². The third-order valence-electron chi connectivity index (χ3n) is 3.43. The van der Waals surface area contributed by atoms with Crippen LogP contribution >= 0.6 is 0 Å². The summed E-state index contributed by atoms with van der Waals surface area (Å²) in [5, 5.41) is 2.61. The van der Waals surface area contributed by atoms with Crippen molar-refractivity contribution in [1.29, 1.82) is 0 Å². The third-order valence-corrected chi connectivity index (χ3v) is 3.43. The maximum atomic E-state index is 12.3. The molecule has 2 amide bonds. The highest BCUT2D eigenvalue weighted by Gasteiger charge is 2.25. The Labute approximate surface area is 122 Å². The van der Waals surface area contributed by atoms with Crippen molar-refractivity contribution in [1.82, 2.24) is 10.2 Å². The summed E-state index contributed by atoms with van der Waals surface area (Å²) in [6.45, 7) is 10.9. The first-order valence-electron chi connectivity index (χ1n) is 7.47. The van der Waals surface area contributed by atoms with Gasteiger partial charge in [0.15, 0.2) is 0 Å². The predicted molar refractivity (Wildman–Crippen MR) is 78.4 cm³/mol. The number of amides is 2. The standard InChI is InChI=1S/C15H28N2O3/c1-11-7-6-9-17(10-8-11)13(18)12(2)16-14(19)20-15(3,4)5/h11-12H,6-10H2,1-5H3,(H,16,19). The SMILES string of the molecule is CC1CCCN(C(=O)C(C)NC(=O)OC(C)(C)C)CC1. The molecule has 1 aliphatic heterocycles. The minimum absolute atomic E-state index is 0.0232. The van der Waals surface area contributed by atoms with Crippen LogP contribution in [-0.2, 0) is 9.53 Å². The first-order valence-corrected chi connectivity index (χ1v) is 7.47. The van der Waals surface area contributed by atoms with Gasteiger partial charge in [-0.1, -0.05) is 6.92 Å². The zero-order valence-corrected chi connectivity index (χ0v) is 13.4. The van der Waals surface area contributed by atoms with Gasteiger partial charge >= 0.3 is 6.09 Å². The molecule has 0 spiro atoms. The highest BCUT2D eigenvalue weighted by atomic mass is 16.6. The van der Waals surface area contributed by atoms with E-state index in [4.69, 9.17) is 4.74 Å². The molecular formula is C15H28N2O3. The summed E-state index contributed by atoms with van der Waals surface area (Å²) < 4.78 is 5.17. The van der Waals surface area contributed by atoms with E-state index < -0.39 is 17.7 Å². The lowest BCUT2D eigenvalue weighted by molar-refractivity contribution is -0.133. The number of nitrogens with one attached hydrogen (secondary N) is 1. The highest BCUT2D eigenvalue weighted by Crippen LogP contribution is 2.17. The monoisotopic (exact) mass is 284 g/mol. The number of likely N-dealkylation sites (tertiary alicyclic amines) is 1. The fourth-order valence-electron chi connectivity index (χ4n) is 2.30. The molecule has 0 bridgehead atoms. The molecule has 5 heteroatoms. The second-order valence-corrected chi connectivity index (χ2v) is 6.73. The number of carbonyl (C=O) groups is 2. The molecule has 0 radical (unpaired) electrons. The number of ether oxygens (including phenoxy) is 1. The van der Waals surface area contributed by atoms with Crippen LogP contribution in [0.15, 0.2) is 0 Å². The minimum Gasteiger partial charge on any atom is -0.444 e. The quantitative estimate of drug-likeness (QED) is 0.847. The van der Waals surface area contributed by atoms with Crippen LogP contribution in [0.5, 0.6) is 0 Å². The highest BCUT2D eigenvalue weighted by molar-refractivity contribution is 5.85. The summed E-state index contributed by atoms with van der Waals surface area (Å²) in [4.78, 5) is 25.8. The summed E-state index contributed by atoms with van der Waals surface area (Å²) >= 11 is 0. The Morgan fingerprint density at radius 3 is 2.50 bits per heavy atom. The lowest BCUT2D eigenvalue weighted by atomic mass is 10.0. The largest absolute Gasteiger partial charge is 0.444 e. The molecule has 1 rings (SSSR count). The van der Waals surface area contributed by atoms with Gasteiger partial charge in [-0.25, -0.2) is 4.79 Å². The number of nitrogens with zero attached hydrogens (tertiary/aromatic N) is 1. The van der Waals surface area contributed by atoms with E-state index in [0.717, 1.165) is 32.4 Å². The van der Waals surface area contributed by atoms with Crippen LogP contribution < -0.4 is 5.32 Å². The summed E-state index contributed by atoms with van der Waals surface area (Å²) in [6.07, 6.45) is 2.69. The number of alkyl carbamates (subject to hydrolysis) is 1. The first kappa shape index (κ1) is 16.8. The Morgan fingerprint density at radius 1 is 1.25 bits per heavy atom. The Morgan fingerprint density at radius 2 is 1.90 bits per heavy atom. The lowest BCUT2D eigenvalue weighted by Crippen LogP contribution is -2.48. The average molecular weight is 284 g/mol. The van der Waals surface area contributed by atoms with Gasteiger partial charge in [-0.15, -0.1) is 0 Å². The number of rotatable bonds is 2. The van der Waals surface area contributed by atoms with Crippen molar-refractivity contribution in [2.75, 3.05) is 13.1 Å².